The van der Waals surface area contributed by atoms with Crippen molar-refractivity contribution in [1.82, 2.24) is 5.32 Å². The lowest BCUT2D eigenvalue weighted by Crippen LogP contribution is -2.36. The van der Waals surface area contributed by atoms with Crippen molar-refractivity contribution in [2.24, 2.45) is 5.41 Å². The minimum atomic E-state index is -0.360. The number of carbonyl (C=O) groups excluding carboxylic acids is 1. The topological polar surface area (TPSA) is 52.9 Å². The highest BCUT2D eigenvalue weighted by atomic mass is 16.1. The Morgan fingerprint density at radius 2 is 1.79 bits per heavy atom. The van der Waals surface area contributed by atoms with Crippen molar-refractivity contribution in [2.45, 2.75) is 38.5 Å². The zero-order chi connectivity index (χ0) is 13.6. The molecule has 100 valence electrons. The average molecular weight is 256 g/mol. The Labute approximate surface area is 114 Å². The van der Waals surface area contributed by atoms with E-state index >= 15 is 0 Å². The lowest BCUT2D eigenvalue weighted by Gasteiger charge is -2.25. The van der Waals surface area contributed by atoms with Gasteiger partial charge in [-0.25, -0.2) is 0 Å². The SMILES string of the molecule is N#CC1(CNC(=O)c2ccccc2)CCCCCC1. The second kappa shape index (κ2) is 6.38. The third kappa shape index (κ3) is 3.57. The molecule has 0 aliphatic heterocycles. The number of hydrogen-bond acceptors (Lipinski definition) is 2. The van der Waals surface area contributed by atoms with Gasteiger partial charge in [0.25, 0.3) is 5.91 Å². The van der Waals surface area contributed by atoms with E-state index in [0.717, 1.165) is 25.7 Å². The van der Waals surface area contributed by atoms with Crippen molar-refractivity contribution in [3.8, 4) is 6.07 Å². The molecule has 1 aliphatic carbocycles. The van der Waals surface area contributed by atoms with E-state index in [1.54, 1.807) is 12.1 Å². The van der Waals surface area contributed by atoms with Gasteiger partial charge in [-0.3, -0.25) is 4.79 Å². The third-order valence-corrected chi connectivity index (χ3v) is 3.92. The summed E-state index contributed by atoms with van der Waals surface area (Å²) in [5.41, 5.74) is 0.296. The maximum atomic E-state index is 12.0. The first-order chi connectivity index (χ1) is 9.26. The fourth-order valence-corrected chi connectivity index (χ4v) is 2.67. The molecule has 0 saturated heterocycles. The maximum absolute atomic E-state index is 12.0. The molecular formula is C16H20N2O. The van der Waals surface area contributed by atoms with Crippen LogP contribution in [0.3, 0.4) is 0 Å². The number of nitrogens with zero attached hydrogens (tertiary/aromatic N) is 1. The second-order valence-corrected chi connectivity index (χ2v) is 5.36. The van der Waals surface area contributed by atoms with E-state index in [1.165, 1.54) is 12.8 Å². The predicted octanol–water partition coefficient (Wildman–Crippen LogP) is 3.28. The van der Waals surface area contributed by atoms with Gasteiger partial charge in [0.05, 0.1) is 11.5 Å². The van der Waals surface area contributed by atoms with Crippen LogP contribution in [0.5, 0.6) is 0 Å². The summed E-state index contributed by atoms with van der Waals surface area (Å²) in [4.78, 5) is 12.0. The first-order valence-electron chi connectivity index (χ1n) is 7.00. The minimum absolute atomic E-state index is 0.0838. The number of rotatable bonds is 3. The van der Waals surface area contributed by atoms with Crippen molar-refractivity contribution in [3.63, 3.8) is 0 Å². The molecule has 0 aromatic heterocycles. The van der Waals surface area contributed by atoms with Crippen LogP contribution >= 0.6 is 0 Å². The van der Waals surface area contributed by atoms with E-state index in [4.69, 9.17) is 0 Å². The van der Waals surface area contributed by atoms with Crippen LogP contribution in [0.15, 0.2) is 30.3 Å². The predicted molar refractivity (Wildman–Crippen MR) is 74.5 cm³/mol. The number of amides is 1. The third-order valence-electron chi connectivity index (χ3n) is 3.92. The molecule has 3 heteroatoms. The van der Waals surface area contributed by atoms with Crippen LogP contribution in [0, 0.1) is 16.7 Å². The lowest BCUT2D eigenvalue weighted by molar-refractivity contribution is 0.0937. The van der Waals surface area contributed by atoms with Crippen molar-refractivity contribution in [1.29, 1.82) is 5.26 Å². The van der Waals surface area contributed by atoms with Gasteiger partial charge in [0.2, 0.25) is 0 Å². The quantitative estimate of drug-likeness (QED) is 0.844. The zero-order valence-corrected chi connectivity index (χ0v) is 11.2. The van der Waals surface area contributed by atoms with E-state index in [9.17, 15) is 10.1 Å². The van der Waals surface area contributed by atoms with Gasteiger partial charge in [0.1, 0.15) is 0 Å². The molecule has 1 saturated carbocycles. The number of hydrogen-bond donors (Lipinski definition) is 1. The van der Waals surface area contributed by atoms with Gasteiger partial charge >= 0.3 is 0 Å². The normalized spacial score (nSPS) is 18.1. The number of nitriles is 1. The molecule has 0 unspecified atom stereocenters. The zero-order valence-electron chi connectivity index (χ0n) is 11.2. The van der Waals surface area contributed by atoms with Gasteiger partial charge < -0.3 is 5.32 Å². The van der Waals surface area contributed by atoms with Crippen LogP contribution in [0.4, 0.5) is 0 Å². The fraction of sp³-hybridized carbons (Fsp3) is 0.500. The summed E-state index contributed by atoms with van der Waals surface area (Å²) >= 11 is 0. The molecule has 0 bridgehead atoms. The van der Waals surface area contributed by atoms with Crippen molar-refractivity contribution < 1.29 is 4.79 Å². The van der Waals surface area contributed by atoms with E-state index in [2.05, 4.69) is 11.4 Å². The molecule has 0 heterocycles. The molecule has 1 N–H and O–H groups in total. The van der Waals surface area contributed by atoms with Crippen molar-refractivity contribution >= 4 is 5.91 Å². The summed E-state index contributed by atoms with van der Waals surface area (Å²) in [6, 6.07) is 11.6. The van der Waals surface area contributed by atoms with Gasteiger partial charge in [-0.1, -0.05) is 43.9 Å². The second-order valence-electron chi connectivity index (χ2n) is 5.36. The highest BCUT2D eigenvalue weighted by Crippen LogP contribution is 2.33. The van der Waals surface area contributed by atoms with Crippen LogP contribution in [0.1, 0.15) is 48.9 Å². The first kappa shape index (κ1) is 13.6. The Morgan fingerprint density at radius 3 is 2.37 bits per heavy atom. The van der Waals surface area contributed by atoms with E-state index in [1.807, 2.05) is 18.2 Å². The Morgan fingerprint density at radius 1 is 1.16 bits per heavy atom. The molecule has 1 aromatic carbocycles. The number of benzene rings is 1. The summed E-state index contributed by atoms with van der Waals surface area (Å²) in [7, 11) is 0. The van der Waals surface area contributed by atoms with Crippen LogP contribution < -0.4 is 5.32 Å². The summed E-state index contributed by atoms with van der Waals surface area (Å²) in [5.74, 6) is -0.0838. The molecule has 1 aromatic rings. The maximum Gasteiger partial charge on any atom is 0.251 e. The first-order valence-corrected chi connectivity index (χ1v) is 7.00. The van der Waals surface area contributed by atoms with E-state index in [-0.39, 0.29) is 11.3 Å². The average Bonchev–Trinajstić information content (AvgIpc) is 2.72. The highest BCUT2D eigenvalue weighted by molar-refractivity contribution is 5.94. The Balaban J connectivity index is 1.96. The summed E-state index contributed by atoms with van der Waals surface area (Å²) in [6.45, 7) is 0.469. The molecule has 1 amide bonds. The summed E-state index contributed by atoms with van der Waals surface area (Å²) < 4.78 is 0. The van der Waals surface area contributed by atoms with Crippen LogP contribution in [-0.4, -0.2) is 12.5 Å². The largest absolute Gasteiger partial charge is 0.350 e. The molecule has 1 fully saturated rings. The Kier molecular flexibility index (Phi) is 4.57. The summed E-state index contributed by atoms with van der Waals surface area (Å²) in [6.07, 6.45) is 6.40. The minimum Gasteiger partial charge on any atom is -0.350 e. The lowest BCUT2D eigenvalue weighted by atomic mass is 9.82. The van der Waals surface area contributed by atoms with Gasteiger partial charge in [0, 0.05) is 12.1 Å². The van der Waals surface area contributed by atoms with Crippen LogP contribution in [-0.2, 0) is 0 Å². The van der Waals surface area contributed by atoms with Crippen molar-refractivity contribution in [2.75, 3.05) is 6.54 Å². The van der Waals surface area contributed by atoms with Gasteiger partial charge in [-0.15, -0.1) is 0 Å². The standard InChI is InChI=1S/C16H20N2O/c17-12-16(10-6-1-2-7-11-16)13-18-15(19)14-8-4-3-5-9-14/h3-5,8-9H,1-2,6-7,10-11,13H2,(H,18,19). The molecule has 2 rings (SSSR count). The summed E-state index contributed by atoms with van der Waals surface area (Å²) in [5, 5.41) is 12.4. The van der Waals surface area contributed by atoms with Gasteiger partial charge in [0.15, 0.2) is 0 Å². The molecule has 3 nitrogen and oxygen atoms in total. The van der Waals surface area contributed by atoms with E-state index < -0.39 is 0 Å². The fourth-order valence-electron chi connectivity index (χ4n) is 2.67. The van der Waals surface area contributed by atoms with E-state index in [0.29, 0.717) is 12.1 Å². The monoisotopic (exact) mass is 256 g/mol. The molecule has 0 spiro atoms. The van der Waals surface area contributed by atoms with Crippen LogP contribution in [0.2, 0.25) is 0 Å². The smallest absolute Gasteiger partial charge is 0.251 e. The van der Waals surface area contributed by atoms with Gasteiger partial charge in [-0.2, -0.15) is 5.26 Å². The number of nitrogens with one attached hydrogen (secondary N) is 1. The Bertz CT molecular complexity index is 453. The number of carbonyl (C=O) groups is 1. The van der Waals surface area contributed by atoms with Crippen molar-refractivity contribution in [3.05, 3.63) is 35.9 Å². The molecular weight excluding hydrogens is 236 g/mol. The molecule has 0 atom stereocenters. The Hall–Kier alpha value is -1.82. The highest BCUT2D eigenvalue weighted by Gasteiger charge is 2.31. The van der Waals surface area contributed by atoms with Gasteiger partial charge in [-0.05, 0) is 25.0 Å². The van der Waals surface area contributed by atoms with Crippen LogP contribution in [0.25, 0.3) is 0 Å². The molecule has 0 radical (unpaired) electrons. The molecule has 1 aliphatic rings. The molecule has 19 heavy (non-hydrogen) atoms.